The smallest absolute Gasteiger partial charge is 0.226 e. The van der Waals surface area contributed by atoms with Crippen molar-refractivity contribution in [2.75, 3.05) is 22.1 Å². The third kappa shape index (κ3) is 7.29. The molecule has 0 unspecified atom stereocenters. The Hall–Kier alpha value is -3.35. The first-order chi connectivity index (χ1) is 13.7. The van der Waals surface area contributed by atoms with E-state index < -0.39 is 0 Å². The van der Waals surface area contributed by atoms with Crippen LogP contribution in [0.25, 0.3) is 0 Å². The molecule has 0 fully saturated rings. The minimum Gasteiger partial charge on any atom is -0.491 e. The zero-order valence-electron chi connectivity index (χ0n) is 17.2. The summed E-state index contributed by atoms with van der Waals surface area (Å²) in [6, 6.07) is 14.1. The predicted octanol–water partition coefficient (Wildman–Crippen LogP) is 3.81. The Labute approximate surface area is 171 Å². The molecule has 0 aliphatic rings. The number of anilines is 3. The number of nitrogens with zero attached hydrogens (tertiary/aromatic N) is 1. The molecule has 0 aromatic heterocycles. The minimum absolute atomic E-state index is 0.0836. The number of ether oxygens (including phenoxy) is 1. The first-order valence-corrected chi connectivity index (χ1v) is 9.47. The molecule has 0 aliphatic carbocycles. The van der Waals surface area contributed by atoms with Gasteiger partial charge in [-0.1, -0.05) is 0 Å². The third-order valence-corrected chi connectivity index (χ3v) is 3.95. The summed E-state index contributed by atoms with van der Waals surface area (Å²) in [5.74, 6) is 0.217. The quantitative estimate of drug-likeness (QED) is 0.709. The molecule has 0 saturated heterocycles. The molecule has 2 rings (SSSR count). The lowest BCUT2D eigenvalue weighted by Crippen LogP contribution is -2.31. The van der Waals surface area contributed by atoms with Crippen LogP contribution in [0.3, 0.4) is 0 Å². The molecule has 2 N–H and O–H groups in total. The molecule has 2 aromatic carbocycles. The van der Waals surface area contributed by atoms with Crippen LogP contribution in [0.15, 0.2) is 48.5 Å². The van der Waals surface area contributed by atoms with E-state index in [1.807, 2.05) is 13.8 Å². The van der Waals surface area contributed by atoms with E-state index in [1.54, 1.807) is 48.5 Å². The van der Waals surface area contributed by atoms with Crippen molar-refractivity contribution in [3.05, 3.63) is 48.5 Å². The molecule has 3 amide bonds. The van der Waals surface area contributed by atoms with Gasteiger partial charge in [0.2, 0.25) is 17.7 Å². The molecule has 0 spiro atoms. The summed E-state index contributed by atoms with van der Waals surface area (Å²) < 4.78 is 5.58. The Bertz CT molecular complexity index is 845. The van der Waals surface area contributed by atoms with Gasteiger partial charge in [0.1, 0.15) is 5.75 Å². The maximum absolute atomic E-state index is 12.3. The van der Waals surface area contributed by atoms with E-state index in [4.69, 9.17) is 4.74 Å². The van der Waals surface area contributed by atoms with Gasteiger partial charge in [0.15, 0.2) is 0 Å². The molecule has 0 saturated carbocycles. The Morgan fingerprint density at radius 1 is 0.897 bits per heavy atom. The van der Waals surface area contributed by atoms with E-state index in [0.717, 1.165) is 5.75 Å². The monoisotopic (exact) mass is 397 g/mol. The summed E-state index contributed by atoms with van der Waals surface area (Å²) in [5.41, 5.74) is 1.97. The van der Waals surface area contributed by atoms with Crippen LogP contribution >= 0.6 is 0 Å². The number of nitrogens with one attached hydrogen (secondary N) is 2. The highest BCUT2D eigenvalue weighted by atomic mass is 16.5. The first kappa shape index (κ1) is 21.9. The molecule has 0 heterocycles. The van der Waals surface area contributed by atoms with Crippen LogP contribution in [0, 0.1) is 0 Å². The van der Waals surface area contributed by atoms with Crippen molar-refractivity contribution in [1.82, 2.24) is 0 Å². The van der Waals surface area contributed by atoms with Gasteiger partial charge in [0.25, 0.3) is 0 Å². The summed E-state index contributed by atoms with van der Waals surface area (Å²) in [7, 11) is 0. The third-order valence-electron chi connectivity index (χ3n) is 3.95. The summed E-state index contributed by atoms with van der Waals surface area (Å²) in [6.45, 7) is 7.02. The largest absolute Gasteiger partial charge is 0.491 e. The zero-order valence-corrected chi connectivity index (χ0v) is 17.2. The summed E-state index contributed by atoms with van der Waals surface area (Å²) in [5, 5.41) is 5.50. The van der Waals surface area contributed by atoms with Crippen molar-refractivity contribution in [1.29, 1.82) is 0 Å². The van der Waals surface area contributed by atoms with E-state index in [1.165, 1.54) is 18.7 Å². The average molecular weight is 397 g/mol. The normalized spacial score (nSPS) is 10.4. The Morgan fingerprint density at radius 3 is 1.97 bits per heavy atom. The molecule has 0 radical (unpaired) electrons. The van der Waals surface area contributed by atoms with Crippen LogP contribution in [-0.4, -0.2) is 30.4 Å². The lowest BCUT2D eigenvalue weighted by Gasteiger charge is -2.21. The van der Waals surface area contributed by atoms with Crippen LogP contribution in [0.5, 0.6) is 5.75 Å². The highest BCUT2D eigenvalue weighted by Crippen LogP contribution is 2.20. The van der Waals surface area contributed by atoms with Gasteiger partial charge >= 0.3 is 0 Å². The van der Waals surface area contributed by atoms with E-state index in [0.29, 0.717) is 17.1 Å². The highest BCUT2D eigenvalue weighted by molar-refractivity contribution is 5.95. The average Bonchev–Trinajstić information content (AvgIpc) is 2.63. The van der Waals surface area contributed by atoms with E-state index >= 15 is 0 Å². The fourth-order valence-corrected chi connectivity index (χ4v) is 2.72. The molecule has 154 valence electrons. The topological polar surface area (TPSA) is 87.7 Å². The molecule has 7 heteroatoms. The number of rotatable bonds is 8. The molecule has 29 heavy (non-hydrogen) atoms. The first-order valence-electron chi connectivity index (χ1n) is 9.47. The van der Waals surface area contributed by atoms with Gasteiger partial charge in [-0.15, -0.1) is 0 Å². The molecule has 0 atom stereocenters. The van der Waals surface area contributed by atoms with E-state index in [2.05, 4.69) is 10.6 Å². The van der Waals surface area contributed by atoms with Gasteiger partial charge in [0, 0.05) is 43.9 Å². The number of benzene rings is 2. The van der Waals surface area contributed by atoms with Gasteiger partial charge in [-0.05, 0) is 62.4 Å². The van der Waals surface area contributed by atoms with Gasteiger partial charge in [-0.3, -0.25) is 14.4 Å². The Balaban J connectivity index is 1.93. The predicted molar refractivity (Wildman–Crippen MR) is 114 cm³/mol. The Kier molecular flexibility index (Phi) is 7.77. The lowest BCUT2D eigenvalue weighted by atomic mass is 10.2. The number of amides is 3. The van der Waals surface area contributed by atoms with E-state index in [9.17, 15) is 14.4 Å². The van der Waals surface area contributed by atoms with Crippen LogP contribution in [0.1, 0.15) is 34.1 Å². The number of carbonyl (C=O) groups is 3. The van der Waals surface area contributed by atoms with Crippen molar-refractivity contribution < 1.29 is 19.1 Å². The van der Waals surface area contributed by atoms with Crippen molar-refractivity contribution in [3.63, 3.8) is 0 Å². The summed E-state index contributed by atoms with van der Waals surface area (Å²) in [6.07, 6.45) is 0.234. The second kappa shape index (κ2) is 10.3. The minimum atomic E-state index is -0.191. The Morgan fingerprint density at radius 2 is 1.45 bits per heavy atom. The van der Waals surface area contributed by atoms with Crippen LogP contribution in [0.4, 0.5) is 17.1 Å². The molecular formula is C22H27N3O4. The molecule has 7 nitrogen and oxygen atoms in total. The molecule has 0 aliphatic heterocycles. The zero-order chi connectivity index (χ0) is 21.4. The summed E-state index contributed by atoms with van der Waals surface area (Å²) >= 11 is 0. The number of hydrogen-bond donors (Lipinski definition) is 2. The fourth-order valence-electron chi connectivity index (χ4n) is 2.72. The fraction of sp³-hybridized carbons (Fsp3) is 0.318. The number of carbonyl (C=O) groups excluding carboxylic acids is 3. The molecule has 2 aromatic rings. The highest BCUT2D eigenvalue weighted by Gasteiger charge is 2.14. The second-order valence-electron chi connectivity index (χ2n) is 6.89. The maximum Gasteiger partial charge on any atom is 0.226 e. The van der Waals surface area contributed by atoms with Gasteiger partial charge in [-0.25, -0.2) is 0 Å². The van der Waals surface area contributed by atoms with E-state index in [-0.39, 0.29) is 36.8 Å². The standard InChI is InChI=1S/C22H27N3O4/c1-15(2)29-21-11-7-19(8-12-21)24-22(28)13-14-25(17(4)27)20-9-5-18(6-10-20)23-16(3)26/h5-12,15H,13-14H2,1-4H3,(H,23,26)(H,24,28). The lowest BCUT2D eigenvalue weighted by molar-refractivity contribution is -0.117. The maximum atomic E-state index is 12.3. The summed E-state index contributed by atoms with van der Waals surface area (Å²) in [4.78, 5) is 36.9. The van der Waals surface area contributed by atoms with Crippen molar-refractivity contribution in [3.8, 4) is 5.75 Å². The van der Waals surface area contributed by atoms with Gasteiger partial charge in [-0.2, -0.15) is 0 Å². The van der Waals surface area contributed by atoms with Crippen LogP contribution in [0.2, 0.25) is 0 Å². The van der Waals surface area contributed by atoms with Crippen LogP contribution < -0.4 is 20.3 Å². The number of hydrogen-bond acceptors (Lipinski definition) is 4. The van der Waals surface area contributed by atoms with Crippen LogP contribution in [-0.2, 0) is 14.4 Å². The SMILES string of the molecule is CC(=O)Nc1ccc(N(CCC(=O)Nc2ccc(OC(C)C)cc2)C(C)=O)cc1. The second-order valence-corrected chi connectivity index (χ2v) is 6.89. The van der Waals surface area contributed by atoms with Crippen molar-refractivity contribution in [2.45, 2.75) is 40.2 Å². The van der Waals surface area contributed by atoms with Crippen molar-refractivity contribution in [2.24, 2.45) is 0 Å². The molecular weight excluding hydrogens is 370 g/mol. The van der Waals surface area contributed by atoms with Crippen molar-refractivity contribution >= 4 is 34.8 Å². The molecule has 0 bridgehead atoms. The van der Waals surface area contributed by atoms with Gasteiger partial charge in [0.05, 0.1) is 6.10 Å². The van der Waals surface area contributed by atoms with Gasteiger partial charge < -0.3 is 20.3 Å².